The lowest BCUT2D eigenvalue weighted by molar-refractivity contribution is 0.629. The highest BCUT2D eigenvalue weighted by Gasteiger charge is 2.27. The van der Waals surface area contributed by atoms with E-state index in [9.17, 15) is 4.39 Å². The Hall–Kier alpha value is -2.02. The topological polar surface area (TPSA) is 51.6 Å². The van der Waals surface area contributed by atoms with Crippen LogP contribution in [-0.2, 0) is 0 Å². The molecule has 0 saturated heterocycles. The van der Waals surface area contributed by atoms with Gasteiger partial charge in [0.2, 0.25) is 0 Å². The molecule has 0 aliphatic heterocycles. The summed E-state index contributed by atoms with van der Waals surface area (Å²) >= 11 is 32.3. The number of aromatic nitrogens is 4. The van der Waals surface area contributed by atoms with Crippen molar-refractivity contribution in [3.8, 4) is 33.6 Å². The van der Waals surface area contributed by atoms with Crippen LogP contribution in [0.2, 0.25) is 25.4 Å². The van der Waals surface area contributed by atoms with Gasteiger partial charge >= 0.3 is 0 Å². The summed E-state index contributed by atoms with van der Waals surface area (Å²) in [7, 11) is 0. The second kappa shape index (κ2) is 8.61. The van der Waals surface area contributed by atoms with Crippen molar-refractivity contribution < 1.29 is 4.39 Å². The molecule has 0 radical (unpaired) electrons. The zero-order valence-electron chi connectivity index (χ0n) is 14.7. The zero-order chi connectivity index (χ0) is 21.4. The highest BCUT2D eigenvalue weighted by Crippen LogP contribution is 2.48. The highest BCUT2D eigenvalue weighted by atomic mass is 35.5. The SMILES string of the molecule is Fc1ccncc1-c1c(Cl)nc(-c2ncccc2Cl)c(-c2c(Cl)ccnc2Cl)c1Cl. The summed E-state index contributed by atoms with van der Waals surface area (Å²) in [5.41, 5.74) is 1.27. The second-order valence-corrected chi connectivity index (χ2v) is 7.87. The minimum Gasteiger partial charge on any atom is -0.264 e. The van der Waals surface area contributed by atoms with E-state index in [2.05, 4.69) is 19.9 Å². The Kier molecular flexibility index (Phi) is 6.09. The fraction of sp³-hybridized carbons (Fsp3) is 0. The number of rotatable bonds is 3. The molecular weight excluding hydrogens is 493 g/mol. The summed E-state index contributed by atoms with van der Waals surface area (Å²) in [4.78, 5) is 16.8. The largest absolute Gasteiger partial charge is 0.264 e. The van der Waals surface area contributed by atoms with Gasteiger partial charge in [-0.3, -0.25) is 9.97 Å². The van der Waals surface area contributed by atoms with Gasteiger partial charge in [-0.25, -0.2) is 14.4 Å². The molecule has 4 aromatic rings. The molecule has 0 bridgehead atoms. The fourth-order valence-electron chi connectivity index (χ4n) is 2.92. The molecule has 4 aromatic heterocycles. The first-order valence-electron chi connectivity index (χ1n) is 8.30. The summed E-state index contributed by atoms with van der Waals surface area (Å²) in [6.07, 6.45) is 5.59. The number of nitrogens with zero attached hydrogens (tertiary/aromatic N) is 4. The van der Waals surface area contributed by atoms with Gasteiger partial charge in [0.15, 0.2) is 0 Å². The molecule has 0 spiro atoms. The Morgan fingerprint density at radius 1 is 0.700 bits per heavy atom. The molecule has 0 N–H and O–H groups in total. The smallest absolute Gasteiger partial charge is 0.139 e. The van der Waals surface area contributed by atoms with Crippen LogP contribution in [0.1, 0.15) is 0 Å². The third-order valence-electron chi connectivity index (χ3n) is 4.22. The predicted molar refractivity (Wildman–Crippen MR) is 119 cm³/mol. The predicted octanol–water partition coefficient (Wildman–Crippen LogP) is 7.67. The lowest BCUT2D eigenvalue weighted by Gasteiger charge is -2.18. The number of halogens is 6. The number of pyridine rings is 4. The molecule has 0 saturated carbocycles. The van der Waals surface area contributed by atoms with Gasteiger partial charge in [-0.2, -0.15) is 0 Å². The third-order valence-corrected chi connectivity index (χ3v) is 5.77. The highest BCUT2D eigenvalue weighted by molar-refractivity contribution is 6.44. The fourth-order valence-corrected chi connectivity index (χ4v) is 4.37. The Morgan fingerprint density at radius 2 is 1.50 bits per heavy atom. The lowest BCUT2D eigenvalue weighted by Crippen LogP contribution is -2.00. The van der Waals surface area contributed by atoms with Crippen molar-refractivity contribution in [3.05, 3.63) is 80.2 Å². The number of hydrogen-bond donors (Lipinski definition) is 0. The van der Waals surface area contributed by atoms with Gasteiger partial charge in [0.05, 0.1) is 15.1 Å². The van der Waals surface area contributed by atoms with E-state index >= 15 is 0 Å². The summed E-state index contributed by atoms with van der Waals surface area (Å²) in [5, 5.41) is 0.611. The van der Waals surface area contributed by atoms with E-state index < -0.39 is 5.82 Å². The van der Waals surface area contributed by atoms with Crippen molar-refractivity contribution in [2.75, 3.05) is 0 Å². The lowest BCUT2D eigenvalue weighted by atomic mass is 9.98. The Labute approximate surface area is 195 Å². The average molecular weight is 501 g/mol. The summed E-state index contributed by atoms with van der Waals surface area (Å²) in [6.45, 7) is 0. The minimum atomic E-state index is -0.575. The van der Waals surface area contributed by atoms with Gasteiger partial charge in [0.25, 0.3) is 0 Å². The van der Waals surface area contributed by atoms with Crippen LogP contribution in [0.15, 0.2) is 49.1 Å². The maximum Gasteiger partial charge on any atom is 0.139 e. The molecule has 0 atom stereocenters. The molecule has 4 rings (SSSR count). The Bertz CT molecular complexity index is 1260. The molecule has 0 aromatic carbocycles. The molecule has 150 valence electrons. The van der Waals surface area contributed by atoms with Crippen molar-refractivity contribution in [1.29, 1.82) is 0 Å². The van der Waals surface area contributed by atoms with Gasteiger partial charge in [-0.15, -0.1) is 0 Å². The molecule has 4 heterocycles. The van der Waals surface area contributed by atoms with E-state index in [1.165, 1.54) is 30.9 Å². The molecule has 10 heteroatoms. The molecule has 30 heavy (non-hydrogen) atoms. The molecular formula is C20H8Cl5FN4. The average Bonchev–Trinajstić information content (AvgIpc) is 2.71. The van der Waals surface area contributed by atoms with Gasteiger partial charge in [0, 0.05) is 47.0 Å². The van der Waals surface area contributed by atoms with Crippen molar-refractivity contribution in [2.45, 2.75) is 0 Å². The van der Waals surface area contributed by atoms with Gasteiger partial charge in [-0.05, 0) is 24.3 Å². The standard InChI is InChI=1S/C20H8Cl5FN4/c21-10-3-7-29-19(24)14(10)15-16(23)13(9-8-27-6-4-12(9)26)20(25)30-18(15)17-11(22)2-1-5-28-17/h1-8H. The van der Waals surface area contributed by atoms with E-state index in [0.717, 1.165) is 0 Å². The summed E-state index contributed by atoms with van der Waals surface area (Å²) in [6, 6.07) is 6.04. The molecule has 4 nitrogen and oxygen atoms in total. The van der Waals surface area contributed by atoms with Gasteiger partial charge < -0.3 is 0 Å². The van der Waals surface area contributed by atoms with E-state index in [1.807, 2.05) is 0 Å². The molecule has 0 fully saturated rings. The second-order valence-electron chi connectivity index (χ2n) is 5.96. The van der Waals surface area contributed by atoms with Crippen LogP contribution in [-0.4, -0.2) is 19.9 Å². The van der Waals surface area contributed by atoms with Crippen LogP contribution in [0.25, 0.3) is 33.6 Å². The van der Waals surface area contributed by atoms with Crippen molar-refractivity contribution in [2.24, 2.45) is 0 Å². The molecule has 0 aliphatic rings. The van der Waals surface area contributed by atoms with Crippen LogP contribution in [0.4, 0.5) is 4.39 Å². The first-order valence-corrected chi connectivity index (χ1v) is 10.2. The normalized spacial score (nSPS) is 11.0. The van der Waals surface area contributed by atoms with Crippen LogP contribution in [0, 0.1) is 5.82 Å². The van der Waals surface area contributed by atoms with E-state index in [1.54, 1.807) is 18.2 Å². The van der Waals surface area contributed by atoms with Gasteiger partial charge in [0.1, 0.15) is 27.5 Å². The van der Waals surface area contributed by atoms with Crippen LogP contribution >= 0.6 is 58.0 Å². The molecule has 0 unspecified atom stereocenters. The minimum absolute atomic E-state index is 0.0513. The first kappa shape index (κ1) is 21.2. The van der Waals surface area contributed by atoms with E-state index in [4.69, 9.17) is 58.0 Å². The molecule has 0 aliphatic carbocycles. The van der Waals surface area contributed by atoms with Crippen LogP contribution in [0.5, 0.6) is 0 Å². The van der Waals surface area contributed by atoms with Crippen molar-refractivity contribution in [1.82, 2.24) is 19.9 Å². The third kappa shape index (κ3) is 3.72. The zero-order valence-corrected chi connectivity index (χ0v) is 18.5. The maximum atomic E-state index is 14.5. The number of hydrogen-bond acceptors (Lipinski definition) is 4. The van der Waals surface area contributed by atoms with E-state index in [0.29, 0.717) is 10.7 Å². The van der Waals surface area contributed by atoms with E-state index in [-0.39, 0.29) is 48.3 Å². The Morgan fingerprint density at radius 3 is 2.20 bits per heavy atom. The Balaban J connectivity index is 2.16. The maximum absolute atomic E-state index is 14.5. The van der Waals surface area contributed by atoms with Crippen molar-refractivity contribution >= 4 is 58.0 Å². The molecule has 0 amide bonds. The van der Waals surface area contributed by atoms with Crippen LogP contribution < -0.4 is 0 Å². The monoisotopic (exact) mass is 498 g/mol. The van der Waals surface area contributed by atoms with Gasteiger partial charge in [-0.1, -0.05) is 58.0 Å². The quantitative estimate of drug-likeness (QED) is 0.271. The van der Waals surface area contributed by atoms with Crippen molar-refractivity contribution in [3.63, 3.8) is 0 Å². The first-order chi connectivity index (χ1) is 14.4. The summed E-state index contributed by atoms with van der Waals surface area (Å²) < 4.78 is 14.5. The van der Waals surface area contributed by atoms with Crippen LogP contribution in [0.3, 0.4) is 0 Å². The summed E-state index contributed by atoms with van der Waals surface area (Å²) in [5.74, 6) is -0.575.